The predicted molar refractivity (Wildman–Crippen MR) is 84.4 cm³/mol. The van der Waals surface area contributed by atoms with E-state index in [4.69, 9.17) is 4.74 Å². The number of urea groups is 1. The number of carbonyl (C=O) groups is 1. The van der Waals surface area contributed by atoms with Crippen LogP contribution in [0.3, 0.4) is 0 Å². The van der Waals surface area contributed by atoms with E-state index in [1.54, 1.807) is 7.11 Å². The van der Waals surface area contributed by atoms with Gasteiger partial charge in [0.15, 0.2) is 0 Å². The Balaban J connectivity index is 1.91. The smallest absolute Gasteiger partial charge is 0.317 e. The zero-order valence-corrected chi connectivity index (χ0v) is 13.3. The Morgan fingerprint density at radius 1 is 1.33 bits per heavy atom. The van der Waals surface area contributed by atoms with Crippen molar-refractivity contribution in [2.45, 2.75) is 45.2 Å². The number of para-hydroxylation sites is 1. The van der Waals surface area contributed by atoms with E-state index in [9.17, 15) is 4.79 Å². The van der Waals surface area contributed by atoms with Crippen molar-refractivity contribution in [1.29, 1.82) is 0 Å². The van der Waals surface area contributed by atoms with Gasteiger partial charge in [-0.05, 0) is 24.8 Å². The number of methoxy groups -OCH3 is 1. The van der Waals surface area contributed by atoms with E-state index in [2.05, 4.69) is 12.2 Å². The van der Waals surface area contributed by atoms with Crippen LogP contribution in [0.15, 0.2) is 24.3 Å². The highest BCUT2D eigenvalue weighted by atomic mass is 16.5. The summed E-state index contributed by atoms with van der Waals surface area (Å²) in [6.45, 7) is 2.74. The summed E-state index contributed by atoms with van der Waals surface area (Å²) in [6.07, 6.45) is 4.84. The SMILES string of the molecule is COc1ccccc1CNC(=O)N(C)[C@@H]1CCCC[C@@H]1C. The molecule has 0 saturated heterocycles. The maximum Gasteiger partial charge on any atom is 0.317 e. The molecule has 0 spiro atoms. The first-order valence-corrected chi connectivity index (χ1v) is 7.76. The Hall–Kier alpha value is -1.71. The van der Waals surface area contributed by atoms with Gasteiger partial charge in [-0.15, -0.1) is 0 Å². The Morgan fingerprint density at radius 2 is 2.05 bits per heavy atom. The van der Waals surface area contributed by atoms with Gasteiger partial charge in [0, 0.05) is 25.2 Å². The molecule has 1 aliphatic carbocycles. The highest BCUT2D eigenvalue weighted by molar-refractivity contribution is 5.74. The second kappa shape index (κ2) is 7.34. The molecule has 1 saturated carbocycles. The first-order chi connectivity index (χ1) is 10.1. The van der Waals surface area contributed by atoms with Crippen LogP contribution in [-0.4, -0.2) is 31.1 Å². The van der Waals surface area contributed by atoms with E-state index < -0.39 is 0 Å². The van der Waals surface area contributed by atoms with Gasteiger partial charge in [-0.25, -0.2) is 4.79 Å². The molecule has 0 heterocycles. The third-order valence-corrected chi connectivity index (χ3v) is 4.51. The Bertz CT molecular complexity index is 476. The highest BCUT2D eigenvalue weighted by Gasteiger charge is 2.27. The van der Waals surface area contributed by atoms with Gasteiger partial charge in [0.2, 0.25) is 0 Å². The van der Waals surface area contributed by atoms with Crippen molar-refractivity contribution in [1.82, 2.24) is 10.2 Å². The first kappa shape index (κ1) is 15.7. The number of amides is 2. The molecule has 2 atom stereocenters. The second-order valence-corrected chi connectivity index (χ2v) is 5.91. The molecular weight excluding hydrogens is 264 g/mol. The maximum absolute atomic E-state index is 12.3. The van der Waals surface area contributed by atoms with Gasteiger partial charge in [0.05, 0.1) is 7.11 Å². The van der Waals surface area contributed by atoms with E-state index in [1.807, 2.05) is 36.2 Å². The Kier molecular flexibility index (Phi) is 5.48. The molecule has 0 aliphatic heterocycles. The summed E-state index contributed by atoms with van der Waals surface area (Å²) < 4.78 is 5.31. The Morgan fingerprint density at radius 3 is 2.76 bits per heavy atom. The fourth-order valence-corrected chi connectivity index (χ4v) is 3.17. The molecule has 1 fully saturated rings. The van der Waals surface area contributed by atoms with Gasteiger partial charge >= 0.3 is 6.03 Å². The molecule has 0 radical (unpaired) electrons. The van der Waals surface area contributed by atoms with Crippen molar-refractivity contribution < 1.29 is 9.53 Å². The molecule has 0 unspecified atom stereocenters. The average molecular weight is 290 g/mol. The summed E-state index contributed by atoms with van der Waals surface area (Å²) in [4.78, 5) is 14.2. The molecule has 21 heavy (non-hydrogen) atoms. The molecule has 116 valence electrons. The van der Waals surface area contributed by atoms with Gasteiger partial charge in [0.25, 0.3) is 0 Å². The molecule has 2 rings (SSSR count). The van der Waals surface area contributed by atoms with Gasteiger partial charge in [0.1, 0.15) is 5.75 Å². The lowest BCUT2D eigenvalue weighted by molar-refractivity contribution is 0.145. The van der Waals surface area contributed by atoms with Crippen LogP contribution < -0.4 is 10.1 Å². The van der Waals surface area contributed by atoms with E-state index in [0.717, 1.165) is 17.7 Å². The van der Waals surface area contributed by atoms with Crippen LogP contribution in [0.1, 0.15) is 38.2 Å². The third kappa shape index (κ3) is 3.90. The molecule has 2 amide bonds. The summed E-state index contributed by atoms with van der Waals surface area (Å²) in [5.41, 5.74) is 0.999. The number of nitrogens with zero attached hydrogens (tertiary/aromatic N) is 1. The van der Waals surface area contributed by atoms with Crippen LogP contribution >= 0.6 is 0 Å². The van der Waals surface area contributed by atoms with Gasteiger partial charge < -0.3 is 15.0 Å². The van der Waals surface area contributed by atoms with Crippen LogP contribution in [0, 0.1) is 5.92 Å². The molecular formula is C17H26N2O2. The minimum atomic E-state index is -0.000318. The van der Waals surface area contributed by atoms with Crippen LogP contribution in [0.2, 0.25) is 0 Å². The van der Waals surface area contributed by atoms with Gasteiger partial charge in [-0.1, -0.05) is 38.0 Å². The van der Waals surface area contributed by atoms with E-state index in [1.165, 1.54) is 19.3 Å². The Labute approximate surface area is 127 Å². The predicted octanol–water partition coefficient (Wildman–Crippen LogP) is 3.42. The lowest BCUT2D eigenvalue weighted by atomic mass is 9.85. The minimum absolute atomic E-state index is 0.000318. The summed E-state index contributed by atoms with van der Waals surface area (Å²) in [5, 5.41) is 3.00. The second-order valence-electron chi connectivity index (χ2n) is 5.91. The summed E-state index contributed by atoms with van der Waals surface area (Å²) in [5.74, 6) is 1.40. The lowest BCUT2D eigenvalue weighted by Gasteiger charge is -2.36. The van der Waals surface area contributed by atoms with E-state index in [-0.39, 0.29) is 6.03 Å². The largest absolute Gasteiger partial charge is 0.496 e. The van der Waals surface area contributed by atoms with Crippen molar-refractivity contribution in [3.8, 4) is 5.75 Å². The summed E-state index contributed by atoms with van der Waals surface area (Å²) in [7, 11) is 3.56. The zero-order chi connectivity index (χ0) is 15.2. The lowest BCUT2D eigenvalue weighted by Crippen LogP contribution is -2.47. The van der Waals surface area contributed by atoms with Crippen LogP contribution in [0.4, 0.5) is 4.79 Å². The van der Waals surface area contributed by atoms with E-state index >= 15 is 0 Å². The van der Waals surface area contributed by atoms with Crippen molar-refractivity contribution in [2.75, 3.05) is 14.2 Å². The van der Waals surface area contributed by atoms with Gasteiger partial charge in [-0.2, -0.15) is 0 Å². The van der Waals surface area contributed by atoms with Crippen molar-refractivity contribution in [3.05, 3.63) is 29.8 Å². The van der Waals surface area contributed by atoms with Crippen LogP contribution in [0.5, 0.6) is 5.75 Å². The quantitative estimate of drug-likeness (QED) is 0.923. The monoisotopic (exact) mass is 290 g/mol. The molecule has 1 aliphatic rings. The summed E-state index contributed by atoms with van der Waals surface area (Å²) >= 11 is 0. The number of ether oxygens (including phenoxy) is 1. The number of hydrogen-bond donors (Lipinski definition) is 1. The molecule has 4 heteroatoms. The van der Waals surface area contributed by atoms with Crippen molar-refractivity contribution in [3.63, 3.8) is 0 Å². The summed E-state index contributed by atoms with van der Waals surface area (Å²) in [6, 6.07) is 8.13. The molecule has 1 aromatic carbocycles. The molecule has 1 aromatic rings. The normalized spacial score (nSPS) is 21.7. The number of hydrogen-bond acceptors (Lipinski definition) is 2. The minimum Gasteiger partial charge on any atom is -0.496 e. The standard InChI is InChI=1S/C17H26N2O2/c1-13-8-4-6-10-15(13)19(2)17(20)18-12-14-9-5-7-11-16(14)21-3/h5,7,9,11,13,15H,4,6,8,10,12H2,1-3H3,(H,18,20)/t13-,15+/m0/s1. The van der Waals surface area contributed by atoms with E-state index in [0.29, 0.717) is 18.5 Å². The number of nitrogens with one attached hydrogen (secondary N) is 1. The van der Waals surface area contributed by atoms with Crippen LogP contribution in [0.25, 0.3) is 0 Å². The topological polar surface area (TPSA) is 41.6 Å². The molecule has 0 bridgehead atoms. The van der Waals surface area contributed by atoms with Crippen molar-refractivity contribution >= 4 is 6.03 Å². The highest BCUT2D eigenvalue weighted by Crippen LogP contribution is 2.27. The molecule has 1 N–H and O–H groups in total. The molecule has 4 nitrogen and oxygen atoms in total. The zero-order valence-electron chi connectivity index (χ0n) is 13.3. The average Bonchev–Trinajstić information content (AvgIpc) is 2.52. The van der Waals surface area contributed by atoms with Gasteiger partial charge in [-0.3, -0.25) is 0 Å². The fraction of sp³-hybridized carbons (Fsp3) is 0.588. The maximum atomic E-state index is 12.3. The molecule has 0 aromatic heterocycles. The van der Waals surface area contributed by atoms with Crippen LogP contribution in [-0.2, 0) is 6.54 Å². The number of rotatable bonds is 4. The first-order valence-electron chi connectivity index (χ1n) is 7.76. The number of benzene rings is 1. The third-order valence-electron chi connectivity index (χ3n) is 4.51. The fourth-order valence-electron chi connectivity index (χ4n) is 3.17. The number of carbonyl (C=O) groups excluding carboxylic acids is 1. The van der Waals surface area contributed by atoms with Crippen molar-refractivity contribution in [2.24, 2.45) is 5.92 Å².